The van der Waals surface area contributed by atoms with Gasteiger partial charge in [-0.05, 0) is 18.2 Å². The highest BCUT2D eigenvalue weighted by Crippen LogP contribution is 2.19. The summed E-state index contributed by atoms with van der Waals surface area (Å²) in [4.78, 5) is 2.83. The van der Waals surface area contributed by atoms with E-state index in [1.54, 1.807) is 12.3 Å². The standard InChI is InChI=1S/C12H9N3S/c13-8-10-11(6-7-14-12(10)16)15-9-4-2-1-3-5-9/h1-7H,(H2,14,15,16). The minimum Gasteiger partial charge on any atom is -0.354 e. The van der Waals surface area contributed by atoms with Crippen molar-refractivity contribution in [1.29, 1.82) is 5.26 Å². The Bertz CT molecular complexity index is 581. The number of hydrogen-bond donors (Lipinski definition) is 2. The Morgan fingerprint density at radius 3 is 2.62 bits per heavy atom. The molecule has 0 amide bonds. The number of aromatic nitrogens is 1. The average molecular weight is 227 g/mol. The molecule has 1 aromatic carbocycles. The number of aromatic amines is 1. The zero-order valence-corrected chi connectivity index (χ0v) is 9.21. The normalized spacial score (nSPS) is 9.44. The van der Waals surface area contributed by atoms with Crippen LogP contribution in [0.25, 0.3) is 0 Å². The summed E-state index contributed by atoms with van der Waals surface area (Å²) in [6.45, 7) is 0. The van der Waals surface area contributed by atoms with Gasteiger partial charge in [0.25, 0.3) is 0 Å². The molecular weight excluding hydrogens is 218 g/mol. The molecule has 0 fully saturated rings. The monoisotopic (exact) mass is 227 g/mol. The van der Waals surface area contributed by atoms with Crippen molar-refractivity contribution in [3.8, 4) is 6.07 Å². The first-order chi connectivity index (χ1) is 7.81. The third-order valence-electron chi connectivity index (χ3n) is 2.13. The molecule has 0 aliphatic heterocycles. The van der Waals surface area contributed by atoms with Crippen LogP contribution in [0, 0.1) is 16.0 Å². The van der Waals surface area contributed by atoms with Gasteiger partial charge in [0.05, 0.1) is 5.69 Å². The molecule has 0 bridgehead atoms. The highest BCUT2D eigenvalue weighted by Gasteiger charge is 2.03. The van der Waals surface area contributed by atoms with Crippen LogP contribution in [0.15, 0.2) is 42.6 Å². The van der Waals surface area contributed by atoms with Gasteiger partial charge < -0.3 is 10.3 Å². The topological polar surface area (TPSA) is 51.6 Å². The van der Waals surface area contributed by atoms with Gasteiger partial charge in [-0.2, -0.15) is 5.26 Å². The Labute approximate surface area is 98.4 Å². The lowest BCUT2D eigenvalue weighted by atomic mass is 10.2. The zero-order valence-electron chi connectivity index (χ0n) is 8.40. The van der Waals surface area contributed by atoms with Gasteiger partial charge >= 0.3 is 0 Å². The van der Waals surface area contributed by atoms with Gasteiger partial charge in [0.2, 0.25) is 0 Å². The Morgan fingerprint density at radius 1 is 1.19 bits per heavy atom. The average Bonchev–Trinajstić information content (AvgIpc) is 2.31. The quantitative estimate of drug-likeness (QED) is 0.773. The Balaban J connectivity index is 2.40. The van der Waals surface area contributed by atoms with Crippen LogP contribution < -0.4 is 5.32 Å². The van der Waals surface area contributed by atoms with E-state index < -0.39 is 0 Å². The molecular formula is C12H9N3S. The predicted molar refractivity (Wildman–Crippen MR) is 66.1 cm³/mol. The van der Waals surface area contributed by atoms with Gasteiger partial charge in [-0.3, -0.25) is 0 Å². The minimum atomic E-state index is 0.448. The molecule has 4 heteroatoms. The van der Waals surface area contributed by atoms with Crippen LogP contribution in [0.5, 0.6) is 0 Å². The van der Waals surface area contributed by atoms with E-state index in [4.69, 9.17) is 17.5 Å². The van der Waals surface area contributed by atoms with E-state index in [0.29, 0.717) is 10.2 Å². The number of hydrogen-bond acceptors (Lipinski definition) is 3. The van der Waals surface area contributed by atoms with Crippen molar-refractivity contribution in [2.75, 3.05) is 5.32 Å². The Morgan fingerprint density at radius 2 is 1.94 bits per heavy atom. The summed E-state index contributed by atoms with van der Waals surface area (Å²) in [7, 11) is 0. The molecule has 1 heterocycles. The predicted octanol–water partition coefficient (Wildman–Crippen LogP) is 3.36. The van der Waals surface area contributed by atoms with E-state index in [1.165, 1.54) is 0 Å². The second-order valence-electron chi connectivity index (χ2n) is 3.20. The molecule has 0 radical (unpaired) electrons. The van der Waals surface area contributed by atoms with Gasteiger partial charge in [-0.15, -0.1) is 0 Å². The summed E-state index contributed by atoms with van der Waals surface area (Å²) in [5.74, 6) is 0. The number of para-hydroxylation sites is 1. The fraction of sp³-hybridized carbons (Fsp3) is 0. The van der Waals surface area contributed by atoms with Crippen LogP contribution in [-0.2, 0) is 0 Å². The summed E-state index contributed by atoms with van der Waals surface area (Å²) in [6, 6.07) is 13.5. The number of nitrogens with one attached hydrogen (secondary N) is 2. The van der Waals surface area contributed by atoms with Crippen molar-refractivity contribution in [2.45, 2.75) is 0 Å². The number of H-pyrrole nitrogens is 1. The molecule has 16 heavy (non-hydrogen) atoms. The van der Waals surface area contributed by atoms with Crippen LogP contribution in [0.4, 0.5) is 11.4 Å². The third-order valence-corrected chi connectivity index (χ3v) is 2.45. The van der Waals surface area contributed by atoms with Gasteiger partial charge in [0.1, 0.15) is 16.3 Å². The van der Waals surface area contributed by atoms with E-state index in [-0.39, 0.29) is 0 Å². The summed E-state index contributed by atoms with van der Waals surface area (Å²) in [6.07, 6.45) is 1.72. The molecule has 0 saturated carbocycles. The summed E-state index contributed by atoms with van der Waals surface area (Å²) < 4.78 is 0.448. The summed E-state index contributed by atoms with van der Waals surface area (Å²) in [5.41, 5.74) is 2.11. The van der Waals surface area contributed by atoms with Crippen molar-refractivity contribution < 1.29 is 0 Å². The van der Waals surface area contributed by atoms with Gasteiger partial charge in [0.15, 0.2) is 0 Å². The van der Waals surface area contributed by atoms with Crippen molar-refractivity contribution in [3.05, 3.63) is 52.8 Å². The second kappa shape index (κ2) is 4.60. The summed E-state index contributed by atoms with van der Waals surface area (Å²) >= 11 is 5.04. The fourth-order valence-electron chi connectivity index (χ4n) is 1.37. The highest BCUT2D eigenvalue weighted by atomic mass is 32.1. The fourth-order valence-corrected chi connectivity index (χ4v) is 1.59. The number of nitrogens with zero attached hydrogens (tertiary/aromatic N) is 1. The molecule has 3 nitrogen and oxygen atoms in total. The van der Waals surface area contributed by atoms with Crippen LogP contribution >= 0.6 is 12.2 Å². The van der Waals surface area contributed by atoms with E-state index >= 15 is 0 Å². The first-order valence-corrected chi connectivity index (χ1v) is 5.16. The maximum atomic E-state index is 9.00. The van der Waals surface area contributed by atoms with Crippen molar-refractivity contribution >= 4 is 23.6 Å². The lowest BCUT2D eigenvalue weighted by Gasteiger charge is -2.07. The smallest absolute Gasteiger partial charge is 0.123 e. The first kappa shape index (κ1) is 10.4. The number of rotatable bonds is 2. The molecule has 2 N–H and O–H groups in total. The van der Waals surface area contributed by atoms with Crippen molar-refractivity contribution in [2.24, 2.45) is 0 Å². The Hall–Kier alpha value is -2.12. The lowest BCUT2D eigenvalue weighted by Crippen LogP contribution is -1.94. The lowest BCUT2D eigenvalue weighted by molar-refractivity contribution is 1.27. The maximum absolute atomic E-state index is 9.00. The molecule has 2 aromatic rings. The van der Waals surface area contributed by atoms with E-state index in [1.807, 2.05) is 30.3 Å². The molecule has 78 valence electrons. The van der Waals surface area contributed by atoms with Crippen LogP contribution in [0.3, 0.4) is 0 Å². The van der Waals surface area contributed by atoms with E-state index in [9.17, 15) is 0 Å². The number of benzene rings is 1. The molecule has 0 aliphatic rings. The van der Waals surface area contributed by atoms with Gasteiger partial charge in [0, 0.05) is 11.9 Å². The second-order valence-corrected chi connectivity index (χ2v) is 3.61. The van der Waals surface area contributed by atoms with Crippen molar-refractivity contribution in [3.63, 3.8) is 0 Å². The molecule has 2 rings (SSSR count). The van der Waals surface area contributed by atoms with Gasteiger partial charge in [-0.1, -0.05) is 30.4 Å². The minimum absolute atomic E-state index is 0.448. The van der Waals surface area contributed by atoms with Gasteiger partial charge in [-0.25, -0.2) is 0 Å². The Kier molecular flexibility index (Phi) is 2.99. The number of anilines is 2. The highest BCUT2D eigenvalue weighted by molar-refractivity contribution is 7.71. The van der Waals surface area contributed by atoms with E-state index in [2.05, 4.69) is 16.4 Å². The molecule has 0 atom stereocenters. The van der Waals surface area contributed by atoms with E-state index in [0.717, 1.165) is 11.4 Å². The largest absolute Gasteiger partial charge is 0.354 e. The molecule has 0 saturated heterocycles. The SMILES string of the molecule is N#Cc1c(Nc2ccccc2)cc[nH]c1=S. The van der Waals surface area contributed by atoms with Crippen LogP contribution in [0.2, 0.25) is 0 Å². The first-order valence-electron chi connectivity index (χ1n) is 4.75. The molecule has 0 aliphatic carbocycles. The van der Waals surface area contributed by atoms with Crippen LogP contribution in [0.1, 0.15) is 5.56 Å². The molecule has 0 spiro atoms. The molecule has 1 aromatic heterocycles. The summed E-state index contributed by atoms with van der Waals surface area (Å²) in [5, 5.41) is 12.2. The number of pyridine rings is 1. The number of nitriles is 1. The van der Waals surface area contributed by atoms with Crippen LogP contribution in [-0.4, -0.2) is 4.98 Å². The zero-order chi connectivity index (χ0) is 11.4. The third kappa shape index (κ3) is 2.10. The molecule has 0 unspecified atom stereocenters. The maximum Gasteiger partial charge on any atom is 0.123 e. The van der Waals surface area contributed by atoms with Crippen molar-refractivity contribution in [1.82, 2.24) is 4.98 Å².